The van der Waals surface area contributed by atoms with Crippen molar-refractivity contribution >= 4 is 49.6 Å². The van der Waals surface area contributed by atoms with Crippen LogP contribution in [0.2, 0.25) is 0 Å². The first-order valence-electron chi connectivity index (χ1n) is 10.5. The largest absolute Gasteiger partial charge is 0.378 e. The van der Waals surface area contributed by atoms with Crippen molar-refractivity contribution < 1.29 is 20.1 Å². The number of aliphatic imine (C=N–C) groups is 1. The lowest BCUT2D eigenvalue weighted by Crippen LogP contribution is -2.54. The molecular weight excluding hydrogens is 472 g/mol. The summed E-state index contributed by atoms with van der Waals surface area (Å²) in [6, 6.07) is 3.04. The summed E-state index contributed by atoms with van der Waals surface area (Å²) in [5, 5.41) is 17.4. The molecule has 1 saturated heterocycles. The second-order valence-electron chi connectivity index (χ2n) is 8.78. The van der Waals surface area contributed by atoms with E-state index in [4.69, 9.17) is 16.6 Å². The average Bonchev–Trinajstić information content (AvgIpc) is 3.41. The van der Waals surface area contributed by atoms with E-state index < -0.39 is 27.0 Å². The lowest BCUT2D eigenvalue weighted by atomic mass is 10.1. The molecule has 1 aliphatic heterocycles. The first-order chi connectivity index (χ1) is 15.3. The van der Waals surface area contributed by atoms with Crippen molar-refractivity contribution in [2.24, 2.45) is 10.7 Å². The van der Waals surface area contributed by atoms with Gasteiger partial charge in [0.1, 0.15) is 5.04 Å². The molecular formula is C20H33F2N7O2S2. The highest BCUT2D eigenvalue weighted by Crippen LogP contribution is 2.38. The summed E-state index contributed by atoms with van der Waals surface area (Å²) in [7, 11) is -3.91. The standard InChI is InChI=1S/C20H29F2N7O2S2.2H2/c1-11-9-29(10-12(2)26-11)16-7-13(33(30,31)28-20(3)4-5-20)6-15(14(16)8-23)27-19(25)32-18(24)17(21)22;;/h6-8,11-12,17,23-24,26,28H,4-5,9-10H2,1-3H3,(H2,25,27);2*1H/t11-,12-;;/m0../s1. The quantitative estimate of drug-likeness (QED) is 0.284. The molecule has 1 aromatic carbocycles. The number of hydrogen-bond acceptors (Lipinski definition) is 8. The van der Waals surface area contributed by atoms with E-state index in [0.717, 1.165) is 19.1 Å². The first kappa shape index (κ1) is 25.5. The minimum atomic E-state index is -3.91. The maximum Gasteiger partial charge on any atom is 0.286 e. The summed E-state index contributed by atoms with van der Waals surface area (Å²) < 4.78 is 54.5. The summed E-state index contributed by atoms with van der Waals surface area (Å²) in [4.78, 5) is 6.06. The highest BCUT2D eigenvalue weighted by Gasteiger charge is 2.41. The van der Waals surface area contributed by atoms with Crippen LogP contribution < -0.4 is 20.7 Å². The van der Waals surface area contributed by atoms with Gasteiger partial charge in [0.25, 0.3) is 6.43 Å². The number of nitrogens with one attached hydrogen (secondary N) is 4. The van der Waals surface area contributed by atoms with Crippen LogP contribution in [0.1, 0.15) is 42.0 Å². The Morgan fingerprint density at radius 2 is 2.00 bits per heavy atom. The molecule has 1 aliphatic carbocycles. The summed E-state index contributed by atoms with van der Waals surface area (Å²) in [5.41, 5.74) is 6.17. The van der Waals surface area contributed by atoms with Gasteiger partial charge >= 0.3 is 0 Å². The van der Waals surface area contributed by atoms with Gasteiger partial charge in [-0.25, -0.2) is 26.9 Å². The number of alkyl halides is 2. The number of nitrogens with two attached hydrogens (primary N) is 1. The maximum atomic E-state index is 13.1. The number of benzene rings is 1. The van der Waals surface area contributed by atoms with Gasteiger partial charge in [0.2, 0.25) is 10.0 Å². The van der Waals surface area contributed by atoms with Crippen molar-refractivity contribution in [1.29, 1.82) is 10.8 Å². The van der Waals surface area contributed by atoms with Crippen LogP contribution in [0, 0.1) is 10.8 Å². The third kappa shape index (κ3) is 6.28. The fourth-order valence-corrected chi connectivity index (χ4v) is 5.71. The molecule has 186 valence electrons. The van der Waals surface area contributed by atoms with Crippen molar-refractivity contribution in [2.45, 2.75) is 62.6 Å². The molecule has 33 heavy (non-hydrogen) atoms. The number of rotatable bonds is 7. The van der Waals surface area contributed by atoms with E-state index in [-0.39, 0.29) is 30.7 Å². The number of piperazine rings is 1. The lowest BCUT2D eigenvalue weighted by molar-refractivity contribution is 0.228. The zero-order chi connectivity index (χ0) is 24.6. The topological polar surface area (TPSA) is 148 Å². The highest BCUT2D eigenvalue weighted by molar-refractivity contribution is 8.26. The van der Waals surface area contributed by atoms with Gasteiger partial charge < -0.3 is 21.4 Å². The van der Waals surface area contributed by atoms with Gasteiger partial charge in [-0.3, -0.25) is 5.41 Å². The highest BCUT2D eigenvalue weighted by atomic mass is 32.2. The van der Waals surface area contributed by atoms with E-state index in [1.807, 2.05) is 25.7 Å². The minimum absolute atomic E-state index is 0. The predicted molar refractivity (Wildman–Crippen MR) is 133 cm³/mol. The number of amidine groups is 1. The van der Waals surface area contributed by atoms with Gasteiger partial charge in [-0.2, -0.15) is 0 Å². The maximum absolute atomic E-state index is 13.1. The van der Waals surface area contributed by atoms with Crippen molar-refractivity contribution in [3.05, 3.63) is 17.7 Å². The van der Waals surface area contributed by atoms with Crippen LogP contribution in [0.3, 0.4) is 0 Å². The van der Waals surface area contributed by atoms with Crippen molar-refractivity contribution in [2.75, 3.05) is 18.0 Å². The van der Waals surface area contributed by atoms with Gasteiger partial charge in [0.15, 0.2) is 5.17 Å². The fourth-order valence-electron chi connectivity index (χ4n) is 3.75. The fraction of sp³-hybridized carbons (Fsp3) is 0.550. The Kier molecular flexibility index (Phi) is 7.46. The predicted octanol–water partition coefficient (Wildman–Crippen LogP) is 3.12. The third-order valence-electron chi connectivity index (χ3n) is 5.49. The van der Waals surface area contributed by atoms with Crippen LogP contribution in [0.25, 0.3) is 0 Å². The van der Waals surface area contributed by atoms with Crippen LogP contribution in [0.4, 0.5) is 20.2 Å². The smallest absolute Gasteiger partial charge is 0.286 e. The molecule has 2 aliphatic rings. The second-order valence-corrected chi connectivity index (χ2v) is 11.5. The Morgan fingerprint density at radius 3 is 2.52 bits per heavy atom. The Bertz CT molecular complexity index is 1080. The Balaban J connectivity index is 0.00000306. The van der Waals surface area contributed by atoms with Crippen molar-refractivity contribution in [3.63, 3.8) is 0 Å². The molecule has 2 fully saturated rings. The van der Waals surface area contributed by atoms with Crippen molar-refractivity contribution in [1.82, 2.24) is 10.0 Å². The number of sulfonamides is 1. The molecule has 6 N–H and O–H groups in total. The van der Waals surface area contributed by atoms with Crippen LogP contribution in [-0.4, -0.2) is 62.0 Å². The summed E-state index contributed by atoms with van der Waals surface area (Å²) in [6.45, 7) is 6.98. The number of anilines is 1. The second kappa shape index (κ2) is 9.65. The van der Waals surface area contributed by atoms with E-state index in [1.54, 1.807) is 0 Å². The SMILES string of the molecule is C[C@H]1CN(c2cc(S(=O)(=O)NC3(C)CC3)cc(N=C(N)SC(=N)C(F)F)c2C=N)C[C@H](C)N1.[HH].[HH]. The molecule has 1 aromatic rings. The minimum Gasteiger partial charge on any atom is -0.378 e. The van der Waals surface area contributed by atoms with E-state index in [0.29, 0.717) is 36.1 Å². The van der Waals surface area contributed by atoms with Crippen LogP contribution in [0.15, 0.2) is 22.0 Å². The molecule has 1 heterocycles. The van der Waals surface area contributed by atoms with Gasteiger partial charge in [-0.15, -0.1) is 0 Å². The van der Waals surface area contributed by atoms with E-state index >= 15 is 0 Å². The summed E-state index contributed by atoms with van der Waals surface area (Å²) in [5.74, 6) is 0. The van der Waals surface area contributed by atoms with Crippen LogP contribution in [0.5, 0.6) is 0 Å². The average molecular weight is 506 g/mol. The van der Waals surface area contributed by atoms with Crippen LogP contribution >= 0.6 is 11.8 Å². The Labute approximate surface area is 199 Å². The molecule has 0 spiro atoms. The number of nitrogens with zero attached hydrogens (tertiary/aromatic N) is 2. The van der Waals surface area contributed by atoms with Gasteiger partial charge in [-0.1, -0.05) is 0 Å². The third-order valence-corrected chi connectivity index (χ3v) is 7.80. The lowest BCUT2D eigenvalue weighted by Gasteiger charge is -2.38. The molecule has 3 rings (SSSR count). The normalized spacial score (nSPS) is 23.0. The van der Waals surface area contributed by atoms with E-state index in [9.17, 15) is 17.2 Å². The molecule has 13 heteroatoms. The molecule has 0 bridgehead atoms. The molecule has 1 saturated carbocycles. The Morgan fingerprint density at radius 1 is 1.39 bits per heavy atom. The van der Waals surface area contributed by atoms with Gasteiger partial charge in [-0.05, 0) is 57.5 Å². The summed E-state index contributed by atoms with van der Waals surface area (Å²) in [6.07, 6.45) is -0.488. The Hall–Kier alpha value is -2.09. The molecule has 0 radical (unpaired) electrons. The molecule has 0 unspecified atom stereocenters. The zero-order valence-corrected chi connectivity index (χ0v) is 20.3. The monoisotopic (exact) mass is 505 g/mol. The molecule has 0 aromatic heterocycles. The molecule has 0 amide bonds. The molecule has 9 nitrogen and oxygen atoms in total. The summed E-state index contributed by atoms with van der Waals surface area (Å²) >= 11 is 0.295. The van der Waals surface area contributed by atoms with Crippen molar-refractivity contribution in [3.8, 4) is 0 Å². The number of hydrogen-bond donors (Lipinski definition) is 5. The van der Waals surface area contributed by atoms with Gasteiger partial charge in [0.05, 0.1) is 10.6 Å². The number of halogens is 2. The first-order valence-corrected chi connectivity index (χ1v) is 12.8. The van der Waals surface area contributed by atoms with E-state index in [1.165, 1.54) is 12.1 Å². The number of thioether (sulfide) groups is 1. The molecule has 2 atom stereocenters. The van der Waals surface area contributed by atoms with E-state index in [2.05, 4.69) is 15.0 Å². The van der Waals surface area contributed by atoms with Crippen LogP contribution in [-0.2, 0) is 10.0 Å². The zero-order valence-electron chi connectivity index (χ0n) is 18.7. The van der Waals surface area contributed by atoms with Gasteiger partial charge in [0, 0.05) is 51.0 Å².